The molecule has 114 valence electrons. The zero-order valence-corrected chi connectivity index (χ0v) is 11.9. The van der Waals surface area contributed by atoms with Crippen molar-refractivity contribution in [2.24, 2.45) is 0 Å². The molecule has 2 aromatic rings. The van der Waals surface area contributed by atoms with Gasteiger partial charge in [-0.15, -0.1) is 0 Å². The van der Waals surface area contributed by atoms with Crippen LogP contribution in [0.1, 0.15) is 17.3 Å². The lowest BCUT2D eigenvalue weighted by atomic mass is 10.2. The van der Waals surface area contributed by atoms with Crippen LogP contribution >= 0.6 is 0 Å². The second-order valence-corrected chi connectivity index (χ2v) is 4.42. The molecule has 0 heterocycles. The third-order valence-electron chi connectivity index (χ3n) is 2.94. The van der Waals surface area contributed by atoms with Crippen molar-refractivity contribution in [1.29, 1.82) is 0 Å². The van der Waals surface area contributed by atoms with Crippen molar-refractivity contribution in [3.63, 3.8) is 0 Å². The van der Waals surface area contributed by atoms with E-state index in [0.717, 1.165) is 11.0 Å². The van der Waals surface area contributed by atoms with Crippen molar-refractivity contribution in [2.75, 3.05) is 11.5 Å². The van der Waals surface area contributed by atoms with Gasteiger partial charge in [-0.3, -0.25) is 4.79 Å². The maximum atomic E-state index is 12.2. The highest BCUT2D eigenvalue weighted by atomic mass is 16.6. The molecule has 0 aromatic heterocycles. The highest BCUT2D eigenvalue weighted by Crippen LogP contribution is 2.36. The molecule has 0 unspecified atom stereocenters. The molecular formula is C16H15NO5. The summed E-state index contributed by atoms with van der Waals surface area (Å²) in [5.41, 5.74) is 1.04. The largest absolute Gasteiger partial charge is 0.508 e. The number of hydrogen-bond donors (Lipinski definition) is 2. The van der Waals surface area contributed by atoms with Crippen LogP contribution < -0.4 is 4.90 Å². The van der Waals surface area contributed by atoms with E-state index in [1.807, 2.05) is 0 Å². The number of rotatable bonds is 4. The summed E-state index contributed by atoms with van der Waals surface area (Å²) in [6.45, 7) is 1.84. The van der Waals surface area contributed by atoms with Gasteiger partial charge in [0.15, 0.2) is 0 Å². The van der Waals surface area contributed by atoms with E-state index in [2.05, 4.69) is 0 Å². The van der Waals surface area contributed by atoms with Crippen LogP contribution in [0.4, 0.5) is 16.2 Å². The molecule has 0 aliphatic heterocycles. The Morgan fingerprint density at radius 2 is 1.86 bits per heavy atom. The number of amides is 1. The highest BCUT2D eigenvalue weighted by molar-refractivity contribution is 5.98. The molecule has 0 atom stereocenters. The number of ether oxygens (including phenoxy) is 1. The fourth-order valence-electron chi connectivity index (χ4n) is 1.93. The minimum atomic E-state index is -0.678. The van der Waals surface area contributed by atoms with Gasteiger partial charge in [0, 0.05) is 11.6 Å². The number of phenols is 2. The molecule has 0 bridgehead atoms. The third-order valence-corrected chi connectivity index (χ3v) is 2.94. The first-order valence-corrected chi connectivity index (χ1v) is 6.61. The van der Waals surface area contributed by atoms with Gasteiger partial charge < -0.3 is 14.9 Å². The normalized spacial score (nSPS) is 10.0. The Kier molecular flexibility index (Phi) is 4.63. The number of aldehydes is 1. The number of aromatic hydroxyl groups is 2. The average molecular weight is 301 g/mol. The minimum absolute atomic E-state index is 0.124. The maximum Gasteiger partial charge on any atom is 0.419 e. The molecule has 1 amide bonds. The van der Waals surface area contributed by atoms with E-state index < -0.39 is 6.09 Å². The predicted octanol–water partition coefficient (Wildman–Crippen LogP) is 3.20. The summed E-state index contributed by atoms with van der Waals surface area (Å²) in [7, 11) is 0. The monoisotopic (exact) mass is 301 g/mol. The zero-order chi connectivity index (χ0) is 16.1. The van der Waals surface area contributed by atoms with Gasteiger partial charge in [-0.1, -0.05) is 0 Å². The van der Waals surface area contributed by atoms with Gasteiger partial charge in [0.2, 0.25) is 0 Å². The van der Waals surface area contributed by atoms with E-state index in [0.29, 0.717) is 17.5 Å². The van der Waals surface area contributed by atoms with Crippen LogP contribution in [0.3, 0.4) is 0 Å². The number of hydrogen-bond acceptors (Lipinski definition) is 5. The van der Waals surface area contributed by atoms with Crippen molar-refractivity contribution in [1.82, 2.24) is 0 Å². The number of carbonyl (C=O) groups excluding carboxylic acids is 2. The zero-order valence-electron chi connectivity index (χ0n) is 11.9. The molecule has 0 spiro atoms. The minimum Gasteiger partial charge on any atom is -0.508 e. The van der Waals surface area contributed by atoms with Crippen molar-refractivity contribution in [3.05, 3.63) is 48.0 Å². The Labute approximate surface area is 127 Å². The number of carbonyl (C=O) groups is 2. The summed E-state index contributed by atoms with van der Waals surface area (Å²) in [4.78, 5) is 24.1. The number of benzene rings is 2. The van der Waals surface area contributed by atoms with Gasteiger partial charge in [0.25, 0.3) is 0 Å². The SMILES string of the molecule is CCOC(=O)N(c1ccc(C=O)cc1)c1ccc(O)cc1O. The lowest BCUT2D eigenvalue weighted by molar-refractivity contribution is 0.112. The molecule has 0 aliphatic rings. The van der Waals surface area contributed by atoms with Gasteiger partial charge in [0.05, 0.1) is 18.0 Å². The number of phenolic OH excluding ortho intramolecular Hbond substituents is 2. The standard InChI is InChI=1S/C16H15NO5/c1-2-22-16(21)17(12-5-3-11(10-18)4-6-12)14-8-7-13(19)9-15(14)20/h3-10,19-20H,2H2,1H3. The Bertz CT molecular complexity index is 681. The Balaban J connectivity index is 2.49. The molecule has 0 radical (unpaired) electrons. The second-order valence-electron chi connectivity index (χ2n) is 4.42. The number of nitrogens with zero attached hydrogens (tertiary/aromatic N) is 1. The fraction of sp³-hybridized carbons (Fsp3) is 0.125. The number of anilines is 2. The van der Waals surface area contributed by atoms with Crippen LogP contribution in [0, 0.1) is 0 Å². The summed E-state index contributed by atoms with van der Waals surface area (Å²) in [6, 6.07) is 10.1. The van der Waals surface area contributed by atoms with Crippen LogP contribution in [0.15, 0.2) is 42.5 Å². The Morgan fingerprint density at radius 1 is 1.18 bits per heavy atom. The molecule has 0 saturated heterocycles. The summed E-state index contributed by atoms with van der Waals surface area (Å²) in [5.74, 6) is -0.395. The van der Waals surface area contributed by atoms with E-state index in [4.69, 9.17) is 4.74 Å². The van der Waals surface area contributed by atoms with Crippen molar-refractivity contribution in [2.45, 2.75) is 6.92 Å². The van der Waals surface area contributed by atoms with Gasteiger partial charge in [-0.05, 0) is 43.3 Å². The van der Waals surface area contributed by atoms with Crippen molar-refractivity contribution in [3.8, 4) is 11.5 Å². The van der Waals surface area contributed by atoms with Crippen LogP contribution in [-0.2, 0) is 4.74 Å². The molecule has 6 heteroatoms. The lowest BCUT2D eigenvalue weighted by Crippen LogP contribution is -2.26. The average Bonchev–Trinajstić information content (AvgIpc) is 2.51. The van der Waals surface area contributed by atoms with Crippen LogP contribution in [-0.4, -0.2) is 29.2 Å². The predicted molar refractivity (Wildman–Crippen MR) is 80.8 cm³/mol. The molecule has 0 aliphatic carbocycles. The van der Waals surface area contributed by atoms with E-state index in [1.54, 1.807) is 31.2 Å². The molecule has 0 saturated carbocycles. The Hall–Kier alpha value is -3.02. The second kappa shape index (κ2) is 6.62. The van der Waals surface area contributed by atoms with Crippen LogP contribution in [0.2, 0.25) is 0 Å². The lowest BCUT2D eigenvalue weighted by Gasteiger charge is -2.23. The van der Waals surface area contributed by atoms with E-state index in [-0.39, 0.29) is 23.8 Å². The molecule has 0 fully saturated rings. The summed E-state index contributed by atoms with van der Waals surface area (Å²) in [6.07, 6.45) is 0.0126. The van der Waals surface area contributed by atoms with Gasteiger partial charge in [-0.25, -0.2) is 9.69 Å². The highest BCUT2D eigenvalue weighted by Gasteiger charge is 2.22. The van der Waals surface area contributed by atoms with Crippen molar-refractivity contribution >= 4 is 23.8 Å². The molecule has 2 rings (SSSR count). The van der Waals surface area contributed by atoms with Crippen LogP contribution in [0.5, 0.6) is 11.5 Å². The molecular weight excluding hydrogens is 286 g/mol. The first-order chi connectivity index (χ1) is 10.6. The molecule has 22 heavy (non-hydrogen) atoms. The van der Waals surface area contributed by atoms with Gasteiger partial charge >= 0.3 is 6.09 Å². The smallest absolute Gasteiger partial charge is 0.419 e. The quantitative estimate of drug-likeness (QED) is 0.847. The maximum absolute atomic E-state index is 12.2. The van der Waals surface area contributed by atoms with E-state index in [9.17, 15) is 19.8 Å². The van der Waals surface area contributed by atoms with E-state index in [1.165, 1.54) is 12.1 Å². The molecule has 2 N–H and O–H groups in total. The molecule has 6 nitrogen and oxygen atoms in total. The van der Waals surface area contributed by atoms with Gasteiger partial charge in [0.1, 0.15) is 17.8 Å². The summed E-state index contributed by atoms with van der Waals surface area (Å²) in [5, 5.41) is 19.3. The summed E-state index contributed by atoms with van der Waals surface area (Å²) < 4.78 is 5.00. The topological polar surface area (TPSA) is 87.1 Å². The van der Waals surface area contributed by atoms with Crippen LogP contribution in [0.25, 0.3) is 0 Å². The fourth-order valence-corrected chi connectivity index (χ4v) is 1.93. The molecule has 2 aromatic carbocycles. The van der Waals surface area contributed by atoms with Crippen molar-refractivity contribution < 1.29 is 24.5 Å². The first kappa shape index (κ1) is 15.4. The third kappa shape index (κ3) is 3.17. The van der Waals surface area contributed by atoms with E-state index >= 15 is 0 Å². The first-order valence-electron chi connectivity index (χ1n) is 6.61. The Morgan fingerprint density at radius 3 is 2.41 bits per heavy atom. The van der Waals surface area contributed by atoms with Gasteiger partial charge in [-0.2, -0.15) is 0 Å². The summed E-state index contributed by atoms with van der Waals surface area (Å²) >= 11 is 0.